The number of nitrogens with zero attached hydrogens (tertiary/aromatic N) is 1. The number of fused-ring (bicyclic) bond motifs is 3. The molecule has 1 aromatic carbocycles. The number of nitrogens with one attached hydrogen (secondary N) is 2. The molecule has 2 bridgehead atoms. The molecule has 0 spiro atoms. The smallest absolute Gasteiger partial charge is 0.243 e. The first-order valence-corrected chi connectivity index (χ1v) is 9.06. The molecule has 2 fully saturated rings. The number of benzene rings is 1. The van der Waals surface area contributed by atoms with Crippen LogP contribution in [-0.4, -0.2) is 56.9 Å². The first kappa shape index (κ1) is 16.9. The van der Waals surface area contributed by atoms with Gasteiger partial charge >= 0.3 is 0 Å². The molecule has 1 aromatic rings. The first-order chi connectivity index (χ1) is 11.4. The van der Waals surface area contributed by atoms with Crippen molar-refractivity contribution in [3.05, 3.63) is 24.3 Å². The third-order valence-electron chi connectivity index (χ3n) is 4.00. The Hall–Kier alpha value is -1.97. The van der Waals surface area contributed by atoms with E-state index < -0.39 is 15.9 Å². The average Bonchev–Trinajstić information content (AvgIpc) is 2.75. The molecule has 2 aliphatic heterocycles. The van der Waals surface area contributed by atoms with Crippen LogP contribution in [0.3, 0.4) is 0 Å². The molecule has 2 aliphatic rings. The molecule has 0 radical (unpaired) electrons. The molecule has 0 unspecified atom stereocenters. The van der Waals surface area contributed by atoms with Crippen molar-refractivity contribution in [1.29, 1.82) is 0 Å². The highest BCUT2D eigenvalue weighted by Gasteiger charge is 2.38. The zero-order valence-corrected chi connectivity index (χ0v) is 14.0. The monoisotopic (exact) mass is 353 g/mol. The summed E-state index contributed by atoms with van der Waals surface area (Å²) in [6.45, 7) is 2.10. The fourth-order valence-electron chi connectivity index (χ4n) is 2.87. The van der Waals surface area contributed by atoms with Crippen molar-refractivity contribution in [3.8, 4) is 0 Å². The third kappa shape index (κ3) is 3.42. The summed E-state index contributed by atoms with van der Waals surface area (Å²) < 4.78 is 32.6. The fourth-order valence-corrected chi connectivity index (χ4v) is 4.45. The van der Waals surface area contributed by atoms with E-state index in [9.17, 15) is 18.0 Å². The Labute approximate surface area is 140 Å². The number of carbonyl (C=O) groups excluding carboxylic acids is 2. The van der Waals surface area contributed by atoms with Gasteiger partial charge in [0.1, 0.15) is 0 Å². The summed E-state index contributed by atoms with van der Waals surface area (Å²) in [4.78, 5) is 23.3. The van der Waals surface area contributed by atoms with Crippen molar-refractivity contribution in [2.75, 3.05) is 31.6 Å². The highest BCUT2D eigenvalue weighted by molar-refractivity contribution is 7.89. The summed E-state index contributed by atoms with van der Waals surface area (Å²) in [5.41, 5.74) is 0.413. The van der Waals surface area contributed by atoms with Gasteiger partial charge in [-0.2, -0.15) is 4.31 Å². The lowest BCUT2D eigenvalue weighted by Crippen LogP contribution is -2.44. The van der Waals surface area contributed by atoms with Crippen LogP contribution in [0.4, 0.5) is 5.69 Å². The average molecular weight is 353 g/mol. The molecule has 3 rings (SSSR count). The van der Waals surface area contributed by atoms with Crippen molar-refractivity contribution < 1.29 is 22.7 Å². The summed E-state index contributed by atoms with van der Waals surface area (Å²) in [6, 6.07) is 5.73. The van der Waals surface area contributed by atoms with Gasteiger partial charge in [0, 0.05) is 25.7 Å². The van der Waals surface area contributed by atoms with Crippen molar-refractivity contribution in [2.24, 2.45) is 5.92 Å². The quantitative estimate of drug-likeness (QED) is 0.782. The largest absolute Gasteiger partial charge is 0.378 e. The van der Waals surface area contributed by atoms with Gasteiger partial charge in [-0.3, -0.25) is 9.59 Å². The van der Waals surface area contributed by atoms with Crippen molar-refractivity contribution >= 4 is 27.5 Å². The van der Waals surface area contributed by atoms with Gasteiger partial charge in [0.25, 0.3) is 0 Å². The second-order valence-corrected chi connectivity index (χ2v) is 7.91. The molecule has 0 aromatic heterocycles. The van der Waals surface area contributed by atoms with Gasteiger partial charge < -0.3 is 15.4 Å². The number of hydrogen-bond acceptors (Lipinski definition) is 5. The van der Waals surface area contributed by atoms with E-state index in [1.54, 1.807) is 12.1 Å². The predicted octanol–water partition coefficient (Wildman–Crippen LogP) is -0.219. The molecule has 2 heterocycles. The highest BCUT2D eigenvalue weighted by atomic mass is 32.2. The second-order valence-electron chi connectivity index (χ2n) is 5.97. The van der Waals surface area contributed by atoms with E-state index >= 15 is 0 Å². The standard InChI is InChI=1S/C15H19N3O5S/c1-10(19)16-12-3-2-4-14(5-12)24(21,22)18-6-11-8-23-9-13(7-18)17-15(11)20/h2-5,11,13H,6-9H2,1H3,(H,16,19)(H,17,20)/t11-,13+/m1/s1. The summed E-state index contributed by atoms with van der Waals surface area (Å²) in [5, 5.41) is 5.38. The third-order valence-corrected chi connectivity index (χ3v) is 5.82. The van der Waals surface area contributed by atoms with Crippen LogP contribution >= 0.6 is 0 Å². The number of anilines is 1. The summed E-state index contributed by atoms with van der Waals surface area (Å²) >= 11 is 0. The van der Waals surface area contributed by atoms with Gasteiger partial charge in [0.15, 0.2) is 0 Å². The lowest BCUT2D eigenvalue weighted by atomic mass is 10.1. The zero-order chi connectivity index (χ0) is 17.3. The number of ether oxygens (including phenoxy) is 1. The molecule has 0 saturated carbocycles. The lowest BCUT2D eigenvalue weighted by Gasteiger charge is -2.27. The van der Waals surface area contributed by atoms with E-state index in [0.29, 0.717) is 12.3 Å². The van der Waals surface area contributed by atoms with Gasteiger partial charge in [0.2, 0.25) is 21.8 Å². The van der Waals surface area contributed by atoms with Crippen LogP contribution in [0.1, 0.15) is 6.92 Å². The summed E-state index contributed by atoms with van der Waals surface area (Å²) in [5.74, 6) is -0.978. The molecule has 8 nitrogen and oxygen atoms in total. The second kappa shape index (κ2) is 6.50. The number of rotatable bonds is 3. The van der Waals surface area contributed by atoms with Crippen LogP contribution in [0.5, 0.6) is 0 Å². The molecule has 2 N–H and O–H groups in total. The first-order valence-electron chi connectivity index (χ1n) is 7.62. The minimum absolute atomic E-state index is 0.0784. The van der Waals surface area contributed by atoms with E-state index in [2.05, 4.69) is 10.6 Å². The van der Waals surface area contributed by atoms with E-state index in [1.807, 2.05) is 0 Å². The molecule has 2 saturated heterocycles. The maximum atomic E-state index is 12.9. The number of amides is 2. The van der Waals surface area contributed by atoms with Crippen LogP contribution in [0.15, 0.2) is 29.2 Å². The molecule has 2 amide bonds. The topological polar surface area (TPSA) is 105 Å². The lowest BCUT2D eigenvalue weighted by molar-refractivity contribution is -0.125. The number of carbonyl (C=O) groups is 2. The molecular formula is C15H19N3O5S. The molecular weight excluding hydrogens is 334 g/mol. The minimum atomic E-state index is -3.77. The molecule has 130 valence electrons. The maximum absolute atomic E-state index is 12.9. The summed E-state index contributed by atoms with van der Waals surface area (Å²) in [7, 11) is -3.77. The highest BCUT2D eigenvalue weighted by Crippen LogP contribution is 2.23. The predicted molar refractivity (Wildman–Crippen MR) is 85.7 cm³/mol. The minimum Gasteiger partial charge on any atom is -0.378 e. The Balaban J connectivity index is 1.90. The van der Waals surface area contributed by atoms with Crippen LogP contribution in [0.2, 0.25) is 0 Å². The molecule has 0 aliphatic carbocycles. The van der Waals surface area contributed by atoms with E-state index in [1.165, 1.54) is 23.4 Å². The normalized spacial score (nSPS) is 24.8. The van der Waals surface area contributed by atoms with Crippen LogP contribution in [-0.2, 0) is 24.3 Å². The fraction of sp³-hybridized carbons (Fsp3) is 0.467. The Morgan fingerprint density at radius 1 is 1.33 bits per heavy atom. The van der Waals surface area contributed by atoms with Crippen molar-refractivity contribution in [3.63, 3.8) is 0 Å². The van der Waals surface area contributed by atoms with E-state index in [-0.39, 0.29) is 42.4 Å². The van der Waals surface area contributed by atoms with Crippen LogP contribution in [0.25, 0.3) is 0 Å². The van der Waals surface area contributed by atoms with Gasteiger partial charge in [0.05, 0.1) is 30.1 Å². The SMILES string of the molecule is CC(=O)Nc1cccc(S(=O)(=O)N2C[C@H]3COC[C@@H](C2)C(=O)N3)c1. The number of hydrogen-bond donors (Lipinski definition) is 2. The van der Waals surface area contributed by atoms with Gasteiger partial charge in [-0.05, 0) is 18.2 Å². The van der Waals surface area contributed by atoms with Gasteiger partial charge in [-0.25, -0.2) is 8.42 Å². The Kier molecular flexibility index (Phi) is 4.57. The molecule has 2 atom stereocenters. The van der Waals surface area contributed by atoms with E-state index in [0.717, 1.165) is 0 Å². The zero-order valence-electron chi connectivity index (χ0n) is 13.2. The Morgan fingerprint density at radius 3 is 2.88 bits per heavy atom. The summed E-state index contributed by atoms with van der Waals surface area (Å²) in [6.07, 6.45) is 0. The van der Waals surface area contributed by atoms with Crippen LogP contribution < -0.4 is 10.6 Å². The van der Waals surface area contributed by atoms with E-state index in [4.69, 9.17) is 4.74 Å². The Morgan fingerprint density at radius 2 is 2.12 bits per heavy atom. The van der Waals surface area contributed by atoms with Crippen molar-refractivity contribution in [1.82, 2.24) is 9.62 Å². The van der Waals surface area contributed by atoms with Gasteiger partial charge in [-0.15, -0.1) is 0 Å². The van der Waals surface area contributed by atoms with Gasteiger partial charge in [-0.1, -0.05) is 6.07 Å². The van der Waals surface area contributed by atoms with Crippen molar-refractivity contribution in [2.45, 2.75) is 17.9 Å². The molecule has 24 heavy (non-hydrogen) atoms. The van der Waals surface area contributed by atoms with Crippen LogP contribution in [0, 0.1) is 5.92 Å². The molecule has 9 heteroatoms. The number of sulfonamides is 1. The Bertz CT molecular complexity index is 764. The maximum Gasteiger partial charge on any atom is 0.243 e.